The van der Waals surface area contributed by atoms with E-state index in [1.165, 1.54) is 11.1 Å². The standard InChI is InChI=1S/C33H39ClN2O4S/c1-3-27-9-5-4-7-22(2)28-13-10-25(28)19-36-20-33(16-6-8-23-17-26(34)12-14-29(23)33)21-40-31-15-11-24(18-30(31)36)32(37)35-41(27,38)39/h4,7,11-12,14-15,17-18,25,27-28H,2-3,5-6,8-10,13,16,19-21H2,1H3,(H,35,37)/b7-4+/t25-,27+,28-,33-/m0/s1. The van der Waals surface area contributed by atoms with Crippen LogP contribution in [0.4, 0.5) is 5.69 Å². The van der Waals surface area contributed by atoms with E-state index in [1.54, 1.807) is 6.07 Å². The zero-order valence-electron chi connectivity index (χ0n) is 23.7. The highest BCUT2D eigenvalue weighted by Crippen LogP contribution is 2.47. The van der Waals surface area contributed by atoms with Gasteiger partial charge in [0.2, 0.25) is 10.0 Å². The SMILES string of the molecule is C=C1/C=C/CC[C@@H](CC)S(=O)(=O)NC(=O)c2ccc3c(c2)N(C[C@@H]2CC[C@@H]12)C[C@@]1(CCCc2cc(Cl)ccc21)CO3. The van der Waals surface area contributed by atoms with E-state index in [2.05, 4.69) is 34.4 Å². The summed E-state index contributed by atoms with van der Waals surface area (Å²) < 4.78 is 35.3. The molecule has 1 amide bonds. The number of hydrogen-bond acceptors (Lipinski definition) is 5. The number of sulfonamides is 1. The molecule has 218 valence electrons. The topological polar surface area (TPSA) is 75.7 Å². The first-order valence-corrected chi connectivity index (χ1v) is 16.8. The van der Waals surface area contributed by atoms with Gasteiger partial charge in [0.25, 0.3) is 5.91 Å². The highest BCUT2D eigenvalue weighted by molar-refractivity contribution is 7.90. The number of halogens is 1. The number of amides is 1. The third kappa shape index (κ3) is 5.43. The fraction of sp³-hybridized carbons (Fsp3) is 0.485. The van der Waals surface area contributed by atoms with E-state index < -0.39 is 21.2 Å². The van der Waals surface area contributed by atoms with Crippen LogP contribution in [0.25, 0.3) is 0 Å². The van der Waals surface area contributed by atoms with Gasteiger partial charge in [-0.05, 0) is 105 Å². The lowest BCUT2D eigenvalue weighted by Crippen LogP contribution is -2.48. The van der Waals surface area contributed by atoms with Crippen molar-refractivity contribution in [1.82, 2.24) is 4.72 Å². The number of nitrogens with zero attached hydrogens (tertiary/aromatic N) is 1. The second-order valence-corrected chi connectivity index (χ2v) is 14.7. The van der Waals surface area contributed by atoms with Crippen molar-refractivity contribution >= 4 is 33.2 Å². The van der Waals surface area contributed by atoms with Crippen LogP contribution in [0.15, 0.2) is 60.7 Å². The maximum atomic E-state index is 13.3. The monoisotopic (exact) mass is 594 g/mol. The minimum Gasteiger partial charge on any atom is -0.490 e. The molecule has 4 atom stereocenters. The second kappa shape index (κ2) is 11.1. The number of rotatable bonds is 1. The van der Waals surface area contributed by atoms with Gasteiger partial charge in [-0.2, -0.15) is 0 Å². The Morgan fingerprint density at radius 2 is 2.02 bits per heavy atom. The molecule has 0 saturated heterocycles. The fourth-order valence-corrected chi connectivity index (χ4v) is 8.93. The number of hydrogen-bond donors (Lipinski definition) is 1. The van der Waals surface area contributed by atoms with Gasteiger partial charge in [-0.1, -0.05) is 48.9 Å². The Balaban J connectivity index is 1.42. The van der Waals surface area contributed by atoms with E-state index in [4.69, 9.17) is 16.3 Å². The summed E-state index contributed by atoms with van der Waals surface area (Å²) in [6, 6.07) is 11.6. The second-order valence-electron chi connectivity index (χ2n) is 12.3. The molecular formula is C33H39ClN2O4S. The number of aryl methyl sites for hydroxylation is 1. The van der Waals surface area contributed by atoms with Crippen molar-refractivity contribution in [3.05, 3.63) is 82.4 Å². The van der Waals surface area contributed by atoms with Crippen LogP contribution in [0.2, 0.25) is 5.02 Å². The van der Waals surface area contributed by atoms with Crippen molar-refractivity contribution in [3.63, 3.8) is 0 Å². The highest BCUT2D eigenvalue weighted by atomic mass is 35.5. The lowest BCUT2D eigenvalue weighted by Gasteiger charge is -2.45. The Hall–Kier alpha value is -2.77. The number of fused-ring (bicyclic) bond motifs is 4. The van der Waals surface area contributed by atoms with E-state index in [-0.39, 0.29) is 5.41 Å². The molecule has 1 N–H and O–H groups in total. The summed E-state index contributed by atoms with van der Waals surface area (Å²) in [5.74, 6) is 0.958. The van der Waals surface area contributed by atoms with Gasteiger partial charge in [0, 0.05) is 29.1 Å². The molecule has 0 radical (unpaired) electrons. The van der Waals surface area contributed by atoms with E-state index in [0.29, 0.717) is 43.3 Å². The van der Waals surface area contributed by atoms with Crippen LogP contribution < -0.4 is 14.4 Å². The number of ether oxygens (including phenoxy) is 1. The van der Waals surface area contributed by atoms with Gasteiger partial charge in [0.15, 0.2) is 0 Å². The average molecular weight is 595 g/mol. The summed E-state index contributed by atoms with van der Waals surface area (Å²) in [5.41, 5.74) is 4.64. The van der Waals surface area contributed by atoms with Crippen molar-refractivity contribution in [3.8, 4) is 5.75 Å². The number of nitrogens with one attached hydrogen (secondary N) is 1. The van der Waals surface area contributed by atoms with Crippen molar-refractivity contribution < 1.29 is 17.9 Å². The molecule has 41 heavy (non-hydrogen) atoms. The zero-order chi connectivity index (χ0) is 28.8. The molecule has 2 heterocycles. The van der Waals surface area contributed by atoms with Gasteiger partial charge in [-0.25, -0.2) is 13.1 Å². The van der Waals surface area contributed by atoms with Gasteiger partial charge in [0.05, 0.1) is 17.5 Å². The molecule has 0 aromatic heterocycles. The molecular weight excluding hydrogens is 556 g/mol. The molecule has 6 nitrogen and oxygen atoms in total. The molecule has 2 aromatic carbocycles. The number of carbonyl (C=O) groups is 1. The fourth-order valence-electron chi connectivity index (χ4n) is 7.30. The Morgan fingerprint density at radius 1 is 1.17 bits per heavy atom. The highest BCUT2D eigenvalue weighted by Gasteiger charge is 2.43. The molecule has 2 aliphatic carbocycles. The molecule has 2 bridgehead atoms. The molecule has 2 aliphatic heterocycles. The summed E-state index contributed by atoms with van der Waals surface area (Å²) in [5, 5.41) is 0.109. The van der Waals surface area contributed by atoms with Crippen molar-refractivity contribution in [2.24, 2.45) is 11.8 Å². The molecule has 0 unspecified atom stereocenters. The first-order chi connectivity index (χ1) is 19.7. The third-order valence-corrected chi connectivity index (χ3v) is 11.9. The molecule has 1 fully saturated rings. The minimum absolute atomic E-state index is 0.214. The Labute approximate surface area is 248 Å². The lowest BCUT2D eigenvalue weighted by molar-refractivity contribution is 0.0981. The van der Waals surface area contributed by atoms with Gasteiger partial charge < -0.3 is 9.64 Å². The molecule has 1 spiro atoms. The maximum Gasteiger partial charge on any atom is 0.264 e. The smallest absolute Gasteiger partial charge is 0.264 e. The molecule has 4 aliphatic rings. The molecule has 1 saturated carbocycles. The van der Waals surface area contributed by atoms with Crippen LogP contribution in [-0.4, -0.2) is 39.3 Å². The quantitative estimate of drug-likeness (QED) is 0.403. The Morgan fingerprint density at radius 3 is 2.80 bits per heavy atom. The molecule has 2 aromatic rings. The van der Waals surface area contributed by atoms with Crippen LogP contribution in [0.3, 0.4) is 0 Å². The summed E-state index contributed by atoms with van der Waals surface area (Å²) in [6.45, 7) is 8.36. The number of allylic oxidation sites excluding steroid dienone is 3. The van der Waals surface area contributed by atoms with Crippen LogP contribution >= 0.6 is 11.6 Å². The van der Waals surface area contributed by atoms with Crippen LogP contribution in [0.1, 0.15) is 73.4 Å². The Bertz CT molecular complexity index is 1500. The van der Waals surface area contributed by atoms with Crippen LogP contribution in [-0.2, 0) is 21.9 Å². The van der Waals surface area contributed by atoms with Crippen molar-refractivity contribution in [1.29, 1.82) is 0 Å². The summed E-state index contributed by atoms with van der Waals surface area (Å²) in [6.07, 6.45) is 10.9. The van der Waals surface area contributed by atoms with Gasteiger partial charge >= 0.3 is 0 Å². The molecule has 8 heteroatoms. The van der Waals surface area contributed by atoms with E-state index in [1.807, 2.05) is 31.2 Å². The average Bonchev–Trinajstić information content (AvgIpc) is 3.07. The molecule has 6 rings (SSSR count). The van der Waals surface area contributed by atoms with Crippen LogP contribution in [0, 0.1) is 11.8 Å². The maximum absolute atomic E-state index is 13.3. The third-order valence-electron chi connectivity index (χ3n) is 9.76. The van der Waals surface area contributed by atoms with Crippen molar-refractivity contribution in [2.45, 2.75) is 69.0 Å². The van der Waals surface area contributed by atoms with E-state index >= 15 is 0 Å². The lowest BCUT2D eigenvalue weighted by atomic mass is 9.68. The predicted octanol–water partition coefficient (Wildman–Crippen LogP) is 6.58. The Kier molecular flexibility index (Phi) is 7.70. The first-order valence-electron chi connectivity index (χ1n) is 14.9. The predicted molar refractivity (Wildman–Crippen MR) is 164 cm³/mol. The summed E-state index contributed by atoms with van der Waals surface area (Å²) in [4.78, 5) is 15.7. The summed E-state index contributed by atoms with van der Waals surface area (Å²) >= 11 is 6.39. The normalized spacial score (nSPS) is 30.2. The zero-order valence-corrected chi connectivity index (χ0v) is 25.3. The number of anilines is 1. The van der Waals surface area contributed by atoms with E-state index in [0.717, 1.165) is 67.2 Å². The number of carbonyl (C=O) groups excluding carboxylic acids is 1. The van der Waals surface area contributed by atoms with Gasteiger partial charge in [0.1, 0.15) is 5.75 Å². The first kappa shape index (κ1) is 28.4. The van der Waals surface area contributed by atoms with Gasteiger partial charge in [-0.15, -0.1) is 0 Å². The van der Waals surface area contributed by atoms with Crippen molar-refractivity contribution in [2.75, 3.05) is 24.6 Å². The minimum atomic E-state index is -3.83. The largest absolute Gasteiger partial charge is 0.490 e. The van der Waals surface area contributed by atoms with Gasteiger partial charge in [-0.3, -0.25) is 4.79 Å². The number of benzene rings is 2. The van der Waals surface area contributed by atoms with E-state index in [9.17, 15) is 13.2 Å². The summed E-state index contributed by atoms with van der Waals surface area (Å²) in [7, 11) is -3.83. The van der Waals surface area contributed by atoms with Crippen LogP contribution in [0.5, 0.6) is 5.75 Å².